The highest BCUT2D eigenvalue weighted by molar-refractivity contribution is 5.92. The molecule has 0 aliphatic heterocycles. The van der Waals surface area contributed by atoms with E-state index in [2.05, 4.69) is 19.1 Å². The van der Waals surface area contributed by atoms with Crippen LogP contribution in [0.15, 0.2) is 60.7 Å². The summed E-state index contributed by atoms with van der Waals surface area (Å²) < 4.78 is 19.4. The number of hydrogen-bond acceptors (Lipinski definition) is 2. The van der Waals surface area contributed by atoms with Gasteiger partial charge in [0.05, 0.1) is 5.56 Å². The number of benzene rings is 3. The van der Waals surface area contributed by atoms with Gasteiger partial charge < -0.3 is 4.74 Å². The van der Waals surface area contributed by atoms with Gasteiger partial charge in [0.2, 0.25) is 0 Å². The standard InChI is InChI=1S/C28H31FO2/c1-2-3-4-6-20-9-11-21(12-10-20)22-13-15-23(16-14-22)28(30)31-25-17-18-26-24(19-25)7-5-8-27(26)29/h5,7-8,13-21H,2-4,6,9-12H2,1H3. The van der Waals surface area contributed by atoms with Crippen LogP contribution in [0, 0.1) is 11.7 Å². The quantitative estimate of drug-likeness (QED) is 0.220. The van der Waals surface area contributed by atoms with E-state index in [0.717, 1.165) is 5.92 Å². The van der Waals surface area contributed by atoms with Gasteiger partial charge in [0, 0.05) is 5.39 Å². The molecule has 3 heteroatoms. The SMILES string of the molecule is CCCCCC1CCC(c2ccc(C(=O)Oc3ccc4c(F)cccc4c3)cc2)CC1. The molecule has 1 saturated carbocycles. The Kier molecular flexibility index (Phi) is 7.01. The number of carbonyl (C=O) groups excluding carboxylic acids is 1. The molecule has 0 bridgehead atoms. The molecule has 3 aromatic rings. The molecule has 1 aliphatic carbocycles. The van der Waals surface area contributed by atoms with Crippen LogP contribution in [-0.2, 0) is 0 Å². The summed E-state index contributed by atoms with van der Waals surface area (Å²) in [5.74, 6) is 1.26. The molecule has 2 nitrogen and oxygen atoms in total. The maximum Gasteiger partial charge on any atom is 0.343 e. The van der Waals surface area contributed by atoms with E-state index in [1.54, 1.807) is 24.3 Å². The van der Waals surface area contributed by atoms with Gasteiger partial charge in [-0.3, -0.25) is 0 Å². The molecule has 3 aromatic carbocycles. The number of rotatable bonds is 7. The molecule has 0 saturated heterocycles. The van der Waals surface area contributed by atoms with E-state index in [1.807, 2.05) is 18.2 Å². The fraction of sp³-hybridized carbons (Fsp3) is 0.393. The lowest BCUT2D eigenvalue weighted by Gasteiger charge is -2.29. The Labute approximate surface area is 184 Å². The average Bonchev–Trinajstić information content (AvgIpc) is 2.80. The molecule has 0 radical (unpaired) electrons. The highest BCUT2D eigenvalue weighted by Gasteiger charge is 2.22. The highest BCUT2D eigenvalue weighted by Crippen LogP contribution is 2.37. The zero-order valence-electron chi connectivity index (χ0n) is 18.3. The Bertz CT molecular complexity index is 1020. The van der Waals surface area contributed by atoms with Gasteiger partial charge in [0.1, 0.15) is 11.6 Å². The normalized spacial score (nSPS) is 18.8. The van der Waals surface area contributed by atoms with Gasteiger partial charge in [-0.25, -0.2) is 9.18 Å². The Morgan fingerprint density at radius 2 is 1.74 bits per heavy atom. The molecule has 1 fully saturated rings. The van der Waals surface area contributed by atoms with Gasteiger partial charge in [-0.1, -0.05) is 56.9 Å². The second-order valence-corrected chi connectivity index (χ2v) is 8.85. The lowest BCUT2D eigenvalue weighted by atomic mass is 9.77. The smallest absolute Gasteiger partial charge is 0.343 e. The van der Waals surface area contributed by atoms with Crippen LogP contribution in [-0.4, -0.2) is 5.97 Å². The van der Waals surface area contributed by atoms with Gasteiger partial charge in [0.15, 0.2) is 0 Å². The Balaban J connectivity index is 1.34. The summed E-state index contributed by atoms with van der Waals surface area (Å²) in [6.07, 6.45) is 10.5. The molecule has 4 rings (SSSR count). The highest BCUT2D eigenvalue weighted by atomic mass is 19.1. The van der Waals surface area contributed by atoms with Crippen LogP contribution in [0.4, 0.5) is 4.39 Å². The fourth-order valence-corrected chi connectivity index (χ4v) is 4.81. The van der Waals surface area contributed by atoms with E-state index in [4.69, 9.17) is 4.74 Å². The number of halogens is 1. The van der Waals surface area contributed by atoms with E-state index < -0.39 is 0 Å². The van der Waals surface area contributed by atoms with Crippen LogP contribution in [0.25, 0.3) is 10.8 Å². The first-order chi connectivity index (χ1) is 15.1. The van der Waals surface area contributed by atoms with Crippen LogP contribution >= 0.6 is 0 Å². The Hall–Kier alpha value is -2.68. The number of carbonyl (C=O) groups is 1. The molecule has 31 heavy (non-hydrogen) atoms. The van der Waals surface area contributed by atoms with Gasteiger partial charge in [-0.05, 0) is 84.9 Å². The molecule has 0 spiro atoms. The summed E-state index contributed by atoms with van der Waals surface area (Å²) in [4.78, 5) is 12.6. The topological polar surface area (TPSA) is 26.3 Å². The molecule has 0 aromatic heterocycles. The summed E-state index contributed by atoms with van der Waals surface area (Å²) in [7, 11) is 0. The minimum Gasteiger partial charge on any atom is -0.423 e. The van der Waals surface area contributed by atoms with Gasteiger partial charge in [0.25, 0.3) is 0 Å². The van der Waals surface area contributed by atoms with Crippen molar-refractivity contribution in [2.45, 2.75) is 64.2 Å². The van der Waals surface area contributed by atoms with E-state index in [-0.39, 0.29) is 11.8 Å². The monoisotopic (exact) mass is 418 g/mol. The average molecular weight is 419 g/mol. The molecular formula is C28H31FO2. The van der Waals surface area contributed by atoms with Crippen LogP contribution < -0.4 is 4.74 Å². The summed E-state index contributed by atoms with van der Waals surface area (Å²) in [5, 5.41) is 1.23. The van der Waals surface area contributed by atoms with Crippen molar-refractivity contribution in [2.75, 3.05) is 0 Å². The summed E-state index contributed by atoms with van der Waals surface area (Å²) in [6.45, 7) is 2.26. The first-order valence-corrected chi connectivity index (χ1v) is 11.6. The number of fused-ring (bicyclic) bond motifs is 1. The van der Waals surface area contributed by atoms with Crippen molar-refractivity contribution >= 4 is 16.7 Å². The molecule has 0 unspecified atom stereocenters. The van der Waals surface area contributed by atoms with E-state index >= 15 is 0 Å². The van der Waals surface area contributed by atoms with Gasteiger partial charge in [-0.2, -0.15) is 0 Å². The summed E-state index contributed by atoms with van der Waals surface area (Å²) in [5.41, 5.74) is 1.86. The minimum absolute atomic E-state index is 0.277. The maximum atomic E-state index is 13.8. The van der Waals surface area contributed by atoms with Crippen LogP contribution in [0.1, 0.15) is 80.1 Å². The third kappa shape index (κ3) is 5.33. The molecule has 0 atom stereocenters. The zero-order valence-corrected chi connectivity index (χ0v) is 18.3. The van der Waals surface area contributed by atoms with Crippen molar-refractivity contribution in [1.29, 1.82) is 0 Å². The van der Waals surface area contributed by atoms with E-state index in [0.29, 0.717) is 28.0 Å². The lowest BCUT2D eigenvalue weighted by Crippen LogP contribution is -2.14. The minimum atomic E-state index is -0.387. The van der Waals surface area contributed by atoms with Crippen molar-refractivity contribution in [3.05, 3.63) is 77.6 Å². The van der Waals surface area contributed by atoms with Crippen LogP contribution in [0.2, 0.25) is 0 Å². The first kappa shape index (κ1) is 21.5. The second kappa shape index (κ2) is 10.1. The van der Waals surface area contributed by atoms with Crippen molar-refractivity contribution in [2.24, 2.45) is 5.92 Å². The predicted octanol–water partition coefficient (Wildman–Crippen LogP) is 8.05. The molecule has 0 heterocycles. The van der Waals surface area contributed by atoms with Gasteiger partial charge >= 0.3 is 5.97 Å². The summed E-state index contributed by atoms with van der Waals surface area (Å²) in [6, 6.07) is 17.8. The molecule has 162 valence electrons. The van der Waals surface area contributed by atoms with E-state index in [1.165, 1.54) is 63.0 Å². The van der Waals surface area contributed by atoms with E-state index in [9.17, 15) is 9.18 Å². The number of ether oxygens (including phenoxy) is 1. The summed E-state index contributed by atoms with van der Waals surface area (Å²) >= 11 is 0. The number of hydrogen-bond donors (Lipinski definition) is 0. The Morgan fingerprint density at radius 3 is 2.48 bits per heavy atom. The van der Waals surface area contributed by atoms with Crippen molar-refractivity contribution in [3.8, 4) is 5.75 Å². The number of esters is 1. The maximum absolute atomic E-state index is 13.8. The largest absolute Gasteiger partial charge is 0.423 e. The van der Waals surface area contributed by atoms with Crippen molar-refractivity contribution < 1.29 is 13.9 Å². The van der Waals surface area contributed by atoms with Crippen LogP contribution in [0.3, 0.4) is 0 Å². The third-order valence-electron chi connectivity index (χ3n) is 6.69. The lowest BCUT2D eigenvalue weighted by molar-refractivity contribution is 0.0735. The van der Waals surface area contributed by atoms with Crippen molar-refractivity contribution in [1.82, 2.24) is 0 Å². The number of unbranched alkanes of at least 4 members (excludes halogenated alkanes) is 2. The molecule has 1 aliphatic rings. The third-order valence-corrected chi connectivity index (χ3v) is 6.69. The van der Waals surface area contributed by atoms with Crippen molar-refractivity contribution in [3.63, 3.8) is 0 Å². The Morgan fingerprint density at radius 1 is 0.968 bits per heavy atom. The molecule has 0 N–H and O–H groups in total. The fourth-order valence-electron chi connectivity index (χ4n) is 4.81. The van der Waals surface area contributed by atoms with Crippen LogP contribution in [0.5, 0.6) is 5.75 Å². The first-order valence-electron chi connectivity index (χ1n) is 11.6. The predicted molar refractivity (Wildman–Crippen MR) is 124 cm³/mol. The zero-order chi connectivity index (χ0) is 21.6. The molecular weight excluding hydrogens is 387 g/mol. The second-order valence-electron chi connectivity index (χ2n) is 8.85. The van der Waals surface area contributed by atoms with Gasteiger partial charge in [-0.15, -0.1) is 0 Å². The molecule has 0 amide bonds.